The van der Waals surface area contributed by atoms with Gasteiger partial charge in [-0.05, 0) is 55.8 Å². The SMILES string of the molecule is CCN(CC)c1ccc(/C=N/NC(=O)CSc2nc3ccccc3n2Cc2ccc(Cl)cc2)c(O)c1. The van der Waals surface area contributed by atoms with Gasteiger partial charge < -0.3 is 14.6 Å². The van der Waals surface area contributed by atoms with Crippen molar-refractivity contribution in [3.05, 3.63) is 82.9 Å². The number of phenols is 1. The van der Waals surface area contributed by atoms with Crippen molar-refractivity contribution in [2.45, 2.75) is 25.5 Å². The minimum atomic E-state index is -0.263. The van der Waals surface area contributed by atoms with Crippen LogP contribution in [0, 0.1) is 0 Å². The van der Waals surface area contributed by atoms with E-state index in [1.165, 1.54) is 18.0 Å². The molecular formula is C27H28ClN5O2S. The van der Waals surface area contributed by atoms with Crippen molar-refractivity contribution in [2.75, 3.05) is 23.7 Å². The highest BCUT2D eigenvalue weighted by atomic mass is 35.5. The number of hydrogen-bond donors (Lipinski definition) is 2. The van der Waals surface area contributed by atoms with E-state index in [0.29, 0.717) is 17.1 Å². The first-order valence-corrected chi connectivity index (χ1v) is 13.1. The maximum atomic E-state index is 12.5. The van der Waals surface area contributed by atoms with Gasteiger partial charge in [-0.3, -0.25) is 4.79 Å². The van der Waals surface area contributed by atoms with Gasteiger partial charge in [-0.25, -0.2) is 10.4 Å². The Morgan fingerprint density at radius 1 is 1.14 bits per heavy atom. The number of nitrogens with zero attached hydrogens (tertiary/aromatic N) is 4. The lowest BCUT2D eigenvalue weighted by Crippen LogP contribution is -2.21. The lowest BCUT2D eigenvalue weighted by atomic mass is 10.2. The number of hydrogen-bond acceptors (Lipinski definition) is 6. The largest absolute Gasteiger partial charge is 0.507 e. The molecule has 1 amide bonds. The predicted molar refractivity (Wildman–Crippen MR) is 148 cm³/mol. The lowest BCUT2D eigenvalue weighted by molar-refractivity contribution is -0.118. The van der Waals surface area contributed by atoms with Crippen LogP contribution >= 0.6 is 23.4 Å². The number of aromatic hydroxyl groups is 1. The molecule has 0 saturated carbocycles. The molecular weight excluding hydrogens is 494 g/mol. The number of benzene rings is 3. The summed E-state index contributed by atoms with van der Waals surface area (Å²) in [6.07, 6.45) is 1.44. The molecule has 0 fully saturated rings. The first kappa shape index (κ1) is 25.6. The molecule has 0 atom stereocenters. The topological polar surface area (TPSA) is 82.8 Å². The number of para-hydroxylation sites is 2. The average molecular weight is 522 g/mol. The van der Waals surface area contributed by atoms with Crippen LogP contribution in [0.4, 0.5) is 5.69 Å². The molecule has 0 aliphatic carbocycles. The Bertz CT molecular complexity index is 1370. The fraction of sp³-hybridized carbons (Fsp3) is 0.222. The lowest BCUT2D eigenvalue weighted by Gasteiger charge is -2.21. The number of phenolic OH excluding ortho intramolecular Hbond substituents is 1. The van der Waals surface area contributed by atoms with Crippen molar-refractivity contribution >= 4 is 52.2 Å². The standard InChI is InChI=1S/C27H28ClN5O2S/c1-3-32(4-2)22-14-11-20(25(34)15-22)16-29-31-26(35)18-36-27-30-23-7-5-6-8-24(23)33(27)17-19-9-12-21(28)13-10-19/h5-16,34H,3-4,17-18H2,1-2H3,(H,31,35)/b29-16+. The molecule has 1 heterocycles. The Morgan fingerprint density at radius 2 is 1.89 bits per heavy atom. The molecule has 4 aromatic rings. The molecule has 9 heteroatoms. The molecule has 0 bridgehead atoms. The van der Waals surface area contributed by atoms with Crippen molar-refractivity contribution in [3.63, 3.8) is 0 Å². The summed E-state index contributed by atoms with van der Waals surface area (Å²) < 4.78 is 2.09. The fourth-order valence-electron chi connectivity index (χ4n) is 3.85. The number of amides is 1. The number of carbonyl (C=O) groups is 1. The maximum Gasteiger partial charge on any atom is 0.250 e. The average Bonchev–Trinajstić information content (AvgIpc) is 3.23. The number of nitrogens with one attached hydrogen (secondary N) is 1. The van der Waals surface area contributed by atoms with Gasteiger partial charge in [0.2, 0.25) is 0 Å². The minimum absolute atomic E-state index is 0.114. The Labute approximate surface area is 219 Å². The number of imidazole rings is 1. The van der Waals surface area contributed by atoms with Gasteiger partial charge in [0, 0.05) is 35.4 Å². The van der Waals surface area contributed by atoms with E-state index < -0.39 is 0 Å². The summed E-state index contributed by atoms with van der Waals surface area (Å²) in [6.45, 7) is 6.45. The van der Waals surface area contributed by atoms with E-state index in [1.54, 1.807) is 12.1 Å². The van der Waals surface area contributed by atoms with Gasteiger partial charge >= 0.3 is 0 Å². The third-order valence-electron chi connectivity index (χ3n) is 5.74. The van der Waals surface area contributed by atoms with E-state index in [-0.39, 0.29) is 17.4 Å². The summed E-state index contributed by atoms with van der Waals surface area (Å²) in [7, 11) is 0. The van der Waals surface area contributed by atoms with Gasteiger partial charge in [0.1, 0.15) is 5.75 Å². The van der Waals surface area contributed by atoms with Gasteiger partial charge in [0.15, 0.2) is 5.16 Å². The van der Waals surface area contributed by atoms with Crippen LogP contribution in [0.15, 0.2) is 77.0 Å². The van der Waals surface area contributed by atoms with Crippen LogP contribution < -0.4 is 10.3 Å². The van der Waals surface area contributed by atoms with Crippen LogP contribution in [-0.2, 0) is 11.3 Å². The fourth-order valence-corrected chi connectivity index (χ4v) is 4.78. The zero-order valence-corrected chi connectivity index (χ0v) is 21.8. The number of fused-ring (bicyclic) bond motifs is 1. The van der Waals surface area contributed by atoms with Crippen molar-refractivity contribution in [3.8, 4) is 5.75 Å². The summed E-state index contributed by atoms with van der Waals surface area (Å²) in [5.74, 6) is -0.00275. The van der Waals surface area contributed by atoms with Crippen molar-refractivity contribution in [1.29, 1.82) is 0 Å². The highest BCUT2D eigenvalue weighted by molar-refractivity contribution is 7.99. The number of carbonyl (C=O) groups excluding carboxylic acids is 1. The first-order chi connectivity index (χ1) is 17.5. The summed E-state index contributed by atoms with van der Waals surface area (Å²) in [4.78, 5) is 19.3. The highest BCUT2D eigenvalue weighted by Gasteiger charge is 2.13. The Morgan fingerprint density at radius 3 is 2.61 bits per heavy atom. The molecule has 4 rings (SSSR count). The number of aromatic nitrogens is 2. The van der Waals surface area contributed by atoms with Gasteiger partial charge in [-0.15, -0.1) is 0 Å². The van der Waals surface area contributed by atoms with Gasteiger partial charge in [-0.1, -0.05) is 47.6 Å². The normalized spacial score (nSPS) is 11.3. The third kappa shape index (κ3) is 6.19. The van der Waals surface area contributed by atoms with E-state index in [9.17, 15) is 9.90 Å². The van der Waals surface area contributed by atoms with Gasteiger partial charge in [0.25, 0.3) is 5.91 Å². The number of thioether (sulfide) groups is 1. The summed E-state index contributed by atoms with van der Waals surface area (Å²) >= 11 is 7.38. The number of anilines is 1. The molecule has 0 spiro atoms. The minimum Gasteiger partial charge on any atom is -0.507 e. The van der Waals surface area contributed by atoms with E-state index in [0.717, 1.165) is 40.5 Å². The van der Waals surface area contributed by atoms with E-state index >= 15 is 0 Å². The summed E-state index contributed by atoms with van der Waals surface area (Å²) in [6, 6.07) is 21.0. The smallest absolute Gasteiger partial charge is 0.250 e. The molecule has 0 aliphatic heterocycles. The van der Waals surface area contributed by atoms with E-state index in [1.807, 2.05) is 54.6 Å². The molecule has 7 nitrogen and oxygen atoms in total. The molecule has 0 saturated heterocycles. The molecule has 0 aliphatic rings. The van der Waals surface area contributed by atoms with Crippen molar-refractivity contribution in [1.82, 2.24) is 15.0 Å². The van der Waals surface area contributed by atoms with Gasteiger partial charge in [0.05, 0.1) is 29.5 Å². The van der Waals surface area contributed by atoms with Crippen molar-refractivity contribution in [2.24, 2.45) is 5.10 Å². The number of rotatable bonds is 10. The zero-order valence-electron chi connectivity index (χ0n) is 20.2. The first-order valence-electron chi connectivity index (χ1n) is 11.7. The summed E-state index contributed by atoms with van der Waals surface area (Å²) in [5, 5.41) is 15.8. The second kappa shape index (κ2) is 12.0. The molecule has 1 aromatic heterocycles. The quantitative estimate of drug-likeness (QED) is 0.163. The Hall–Kier alpha value is -3.49. The second-order valence-corrected chi connectivity index (χ2v) is 9.47. The van der Waals surface area contributed by atoms with Gasteiger partial charge in [-0.2, -0.15) is 5.10 Å². The Balaban J connectivity index is 1.40. The molecule has 3 aromatic carbocycles. The molecule has 2 N–H and O–H groups in total. The van der Waals surface area contributed by atoms with E-state index in [4.69, 9.17) is 16.6 Å². The predicted octanol–water partition coefficient (Wildman–Crippen LogP) is 5.53. The zero-order chi connectivity index (χ0) is 25.5. The summed E-state index contributed by atoms with van der Waals surface area (Å²) in [5.41, 5.74) is 6.96. The number of halogens is 1. The van der Waals surface area contributed by atoms with E-state index in [2.05, 4.69) is 33.8 Å². The highest BCUT2D eigenvalue weighted by Crippen LogP contribution is 2.26. The van der Waals surface area contributed by atoms with Crippen LogP contribution in [0.1, 0.15) is 25.0 Å². The number of hydrazone groups is 1. The Kier molecular flexibility index (Phi) is 8.51. The van der Waals surface area contributed by atoms with Crippen LogP contribution in [0.5, 0.6) is 5.75 Å². The molecule has 0 radical (unpaired) electrons. The molecule has 36 heavy (non-hydrogen) atoms. The molecule has 186 valence electrons. The van der Waals surface area contributed by atoms with Crippen LogP contribution in [0.2, 0.25) is 5.02 Å². The molecule has 0 unspecified atom stereocenters. The second-order valence-electron chi connectivity index (χ2n) is 8.09. The van der Waals surface area contributed by atoms with Crippen LogP contribution in [-0.4, -0.2) is 45.6 Å². The maximum absolute atomic E-state index is 12.5. The third-order valence-corrected chi connectivity index (χ3v) is 6.97. The monoisotopic (exact) mass is 521 g/mol. The van der Waals surface area contributed by atoms with Crippen LogP contribution in [0.25, 0.3) is 11.0 Å². The van der Waals surface area contributed by atoms with Crippen molar-refractivity contribution < 1.29 is 9.90 Å². The van der Waals surface area contributed by atoms with Crippen LogP contribution in [0.3, 0.4) is 0 Å².